The van der Waals surface area contributed by atoms with Crippen molar-refractivity contribution in [3.05, 3.63) is 58.3 Å². The van der Waals surface area contributed by atoms with Gasteiger partial charge in [0.15, 0.2) is 0 Å². The first-order chi connectivity index (χ1) is 8.97. The molecule has 0 aliphatic rings. The van der Waals surface area contributed by atoms with Crippen molar-refractivity contribution in [3.63, 3.8) is 0 Å². The van der Waals surface area contributed by atoms with Gasteiger partial charge in [0.2, 0.25) is 0 Å². The summed E-state index contributed by atoms with van der Waals surface area (Å²) < 4.78 is 14.3. The Balaban J connectivity index is 2.54. The number of aryl methyl sites for hydroxylation is 1. The summed E-state index contributed by atoms with van der Waals surface area (Å²) in [6, 6.07) is 7.19. The van der Waals surface area contributed by atoms with Crippen molar-refractivity contribution in [2.45, 2.75) is 13.5 Å². The second kappa shape index (κ2) is 5.06. The molecule has 1 aromatic heterocycles. The molecule has 1 N–H and O–H groups in total. The zero-order valence-electron chi connectivity index (χ0n) is 10.3. The first-order valence-electron chi connectivity index (χ1n) is 5.66. The van der Waals surface area contributed by atoms with Crippen molar-refractivity contribution < 1.29 is 14.3 Å². The number of hydrogen-bond acceptors (Lipinski definition) is 2. The third-order valence-corrected chi connectivity index (χ3v) is 2.80. The van der Waals surface area contributed by atoms with Gasteiger partial charge in [0.25, 0.3) is 5.56 Å². The lowest BCUT2D eigenvalue weighted by Gasteiger charge is -2.09. The van der Waals surface area contributed by atoms with E-state index in [1.807, 2.05) is 6.92 Å². The molecule has 1 heterocycles. The molecular weight excluding hydrogens is 249 g/mol. The van der Waals surface area contributed by atoms with Crippen LogP contribution in [0, 0.1) is 12.7 Å². The van der Waals surface area contributed by atoms with Crippen LogP contribution in [0.25, 0.3) is 11.1 Å². The summed E-state index contributed by atoms with van der Waals surface area (Å²) in [6.45, 7) is 1.41. The van der Waals surface area contributed by atoms with Crippen molar-refractivity contribution in [1.82, 2.24) is 4.57 Å². The standard InChI is InChI=1S/C14H12FNO3/c1-9-2-4-11(15)6-12(9)10-3-5-13(17)16(7-10)8-14(18)19/h2-7H,8H2,1H3,(H,18,19). The van der Waals surface area contributed by atoms with Crippen LogP contribution in [0.4, 0.5) is 4.39 Å². The summed E-state index contributed by atoms with van der Waals surface area (Å²) in [5, 5.41) is 8.73. The Morgan fingerprint density at radius 3 is 2.74 bits per heavy atom. The third kappa shape index (κ3) is 2.88. The predicted octanol–water partition coefficient (Wildman–Crippen LogP) is 2.05. The molecule has 0 saturated carbocycles. The van der Waals surface area contributed by atoms with Crippen molar-refractivity contribution in [3.8, 4) is 11.1 Å². The van der Waals surface area contributed by atoms with E-state index in [9.17, 15) is 14.0 Å². The summed E-state index contributed by atoms with van der Waals surface area (Å²) in [7, 11) is 0. The highest BCUT2D eigenvalue weighted by Crippen LogP contribution is 2.23. The smallest absolute Gasteiger partial charge is 0.323 e. The lowest BCUT2D eigenvalue weighted by molar-refractivity contribution is -0.137. The topological polar surface area (TPSA) is 59.3 Å². The molecule has 98 valence electrons. The molecule has 4 nitrogen and oxygen atoms in total. The van der Waals surface area contributed by atoms with E-state index >= 15 is 0 Å². The van der Waals surface area contributed by atoms with Crippen molar-refractivity contribution in [2.75, 3.05) is 0 Å². The minimum absolute atomic E-state index is 0.378. The van der Waals surface area contributed by atoms with Crippen LogP contribution in [0.1, 0.15) is 5.56 Å². The molecule has 0 aliphatic heterocycles. The zero-order valence-corrected chi connectivity index (χ0v) is 10.3. The molecule has 2 rings (SSSR count). The number of carbonyl (C=O) groups is 1. The third-order valence-electron chi connectivity index (χ3n) is 2.80. The summed E-state index contributed by atoms with van der Waals surface area (Å²) in [5.74, 6) is -1.48. The molecule has 19 heavy (non-hydrogen) atoms. The molecule has 0 aliphatic carbocycles. The van der Waals surface area contributed by atoms with Crippen molar-refractivity contribution in [2.24, 2.45) is 0 Å². The maximum Gasteiger partial charge on any atom is 0.323 e. The van der Waals surface area contributed by atoms with E-state index in [0.717, 1.165) is 10.1 Å². The highest BCUT2D eigenvalue weighted by Gasteiger charge is 2.07. The maximum absolute atomic E-state index is 13.3. The normalized spacial score (nSPS) is 10.4. The SMILES string of the molecule is Cc1ccc(F)cc1-c1ccc(=O)n(CC(=O)O)c1. The molecule has 0 saturated heterocycles. The van der Waals surface area contributed by atoms with E-state index in [2.05, 4.69) is 0 Å². The minimum Gasteiger partial charge on any atom is -0.480 e. The van der Waals surface area contributed by atoms with Gasteiger partial charge in [-0.25, -0.2) is 4.39 Å². The van der Waals surface area contributed by atoms with E-state index < -0.39 is 18.1 Å². The Bertz CT molecular complexity index is 691. The molecular formula is C14H12FNO3. The van der Waals surface area contributed by atoms with Crippen LogP contribution in [0.15, 0.2) is 41.3 Å². The average molecular weight is 261 g/mol. The fraction of sp³-hybridized carbons (Fsp3) is 0.143. The number of aliphatic carboxylic acids is 1. The van der Waals surface area contributed by atoms with E-state index in [0.29, 0.717) is 11.1 Å². The molecule has 0 unspecified atom stereocenters. The molecule has 0 atom stereocenters. The van der Waals surface area contributed by atoms with Crippen molar-refractivity contribution in [1.29, 1.82) is 0 Å². The number of carboxylic acids is 1. The van der Waals surface area contributed by atoms with Crippen LogP contribution in [-0.4, -0.2) is 15.6 Å². The fourth-order valence-electron chi connectivity index (χ4n) is 1.87. The molecule has 0 radical (unpaired) electrons. The van der Waals surface area contributed by atoms with Gasteiger partial charge in [-0.05, 0) is 41.8 Å². The number of hydrogen-bond donors (Lipinski definition) is 1. The molecule has 0 fully saturated rings. The Hall–Kier alpha value is -2.43. The quantitative estimate of drug-likeness (QED) is 0.919. The highest BCUT2D eigenvalue weighted by molar-refractivity contribution is 5.68. The summed E-state index contributed by atoms with van der Waals surface area (Å²) >= 11 is 0. The van der Waals surface area contributed by atoms with Gasteiger partial charge in [0.1, 0.15) is 12.4 Å². The monoisotopic (exact) mass is 261 g/mol. The van der Waals surface area contributed by atoms with Crippen LogP contribution in [-0.2, 0) is 11.3 Å². The first kappa shape index (κ1) is 13.0. The van der Waals surface area contributed by atoms with Gasteiger partial charge in [-0.3, -0.25) is 9.59 Å². The zero-order chi connectivity index (χ0) is 14.0. The van der Waals surface area contributed by atoms with Gasteiger partial charge in [0, 0.05) is 12.3 Å². The molecule has 0 bridgehead atoms. The van der Waals surface area contributed by atoms with Crippen LogP contribution in [0.3, 0.4) is 0 Å². The van der Waals surface area contributed by atoms with Gasteiger partial charge < -0.3 is 9.67 Å². The van der Waals surface area contributed by atoms with E-state index in [4.69, 9.17) is 5.11 Å². The Morgan fingerprint density at radius 1 is 1.32 bits per heavy atom. The maximum atomic E-state index is 13.3. The molecule has 5 heteroatoms. The van der Waals surface area contributed by atoms with E-state index in [1.165, 1.54) is 24.4 Å². The predicted molar refractivity (Wildman–Crippen MR) is 68.5 cm³/mol. The summed E-state index contributed by atoms with van der Waals surface area (Å²) in [5.41, 5.74) is 1.69. The second-order valence-electron chi connectivity index (χ2n) is 4.24. The Labute approximate surface area is 108 Å². The number of nitrogens with zero attached hydrogens (tertiary/aromatic N) is 1. The van der Waals surface area contributed by atoms with Gasteiger partial charge in [-0.15, -0.1) is 0 Å². The van der Waals surface area contributed by atoms with Crippen LogP contribution < -0.4 is 5.56 Å². The van der Waals surface area contributed by atoms with Gasteiger partial charge in [0.05, 0.1) is 0 Å². The number of benzene rings is 1. The van der Waals surface area contributed by atoms with Crippen LogP contribution in [0.2, 0.25) is 0 Å². The lowest BCUT2D eigenvalue weighted by Crippen LogP contribution is -2.22. The Kier molecular flexibility index (Phi) is 3.46. The van der Waals surface area contributed by atoms with E-state index in [1.54, 1.807) is 12.1 Å². The lowest BCUT2D eigenvalue weighted by atomic mass is 10.0. The first-order valence-corrected chi connectivity index (χ1v) is 5.66. The Morgan fingerprint density at radius 2 is 2.05 bits per heavy atom. The van der Waals surface area contributed by atoms with Crippen LogP contribution in [0.5, 0.6) is 0 Å². The summed E-state index contributed by atoms with van der Waals surface area (Å²) in [4.78, 5) is 22.2. The van der Waals surface area contributed by atoms with E-state index in [-0.39, 0.29) is 5.82 Å². The number of pyridine rings is 1. The molecule has 0 spiro atoms. The number of halogens is 1. The number of aromatic nitrogens is 1. The highest BCUT2D eigenvalue weighted by atomic mass is 19.1. The molecule has 2 aromatic rings. The molecule has 1 aromatic carbocycles. The fourth-order valence-corrected chi connectivity index (χ4v) is 1.87. The van der Waals surface area contributed by atoms with Gasteiger partial charge >= 0.3 is 5.97 Å². The average Bonchev–Trinajstić information content (AvgIpc) is 2.34. The van der Waals surface area contributed by atoms with Crippen LogP contribution >= 0.6 is 0 Å². The van der Waals surface area contributed by atoms with Gasteiger partial charge in [-0.1, -0.05) is 6.07 Å². The minimum atomic E-state index is -1.10. The summed E-state index contributed by atoms with van der Waals surface area (Å²) in [6.07, 6.45) is 1.43. The second-order valence-corrected chi connectivity index (χ2v) is 4.24. The van der Waals surface area contributed by atoms with Crippen molar-refractivity contribution >= 4 is 5.97 Å². The number of rotatable bonds is 3. The largest absolute Gasteiger partial charge is 0.480 e. The van der Waals surface area contributed by atoms with Gasteiger partial charge in [-0.2, -0.15) is 0 Å². The molecule has 0 amide bonds. The number of carboxylic acid groups (broad SMARTS) is 1.